The zero-order chi connectivity index (χ0) is 13.7. The van der Waals surface area contributed by atoms with Gasteiger partial charge in [-0.15, -0.1) is 0 Å². The number of nitrogens with zero attached hydrogens (tertiary/aromatic N) is 2. The highest BCUT2D eigenvalue weighted by atomic mass is 32.2. The topological polar surface area (TPSA) is 116 Å². The fraction of sp³-hybridized carbons (Fsp3) is 0.667. The molecule has 2 rings (SSSR count). The van der Waals surface area contributed by atoms with Crippen molar-refractivity contribution < 1.29 is 23.1 Å². The molecule has 0 unspecified atom stereocenters. The second-order valence-electron chi connectivity index (χ2n) is 4.44. The Kier molecular flexibility index (Phi) is 2.82. The van der Waals surface area contributed by atoms with Crippen LogP contribution in [0.5, 0.6) is 0 Å². The van der Waals surface area contributed by atoms with E-state index in [1.165, 1.54) is 6.92 Å². The van der Waals surface area contributed by atoms with Gasteiger partial charge in [-0.05, 0) is 18.7 Å². The number of carboxylic acid groups (broad SMARTS) is 1. The summed E-state index contributed by atoms with van der Waals surface area (Å²) in [5, 5.41) is 18.4. The number of sulfone groups is 1. The fourth-order valence-corrected chi connectivity index (χ4v) is 5.84. The molecule has 98 valence electrons. The maximum absolute atomic E-state index is 12.3. The SMILES string of the molecule is C[C@]1(CSC#N)[C@H](C(=O)O)N2C(=O)C[C@H]2S1(=O)=O. The molecule has 0 aromatic heterocycles. The van der Waals surface area contributed by atoms with Crippen LogP contribution in [-0.4, -0.2) is 52.2 Å². The van der Waals surface area contributed by atoms with Crippen molar-refractivity contribution in [3.63, 3.8) is 0 Å². The summed E-state index contributed by atoms with van der Waals surface area (Å²) in [6.45, 7) is 1.29. The molecule has 0 bridgehead atoms. The van der Waals surface area contributed by atoms with Crippen LogP contribution in [-0.2, 0) is 19.4 Å². The molecule has 0 aromatic rings. The molecule has 0 spiro atoms. The number of amides is 1. The van der Waals surface area contributed by atoms with Gasteiger partial charge in [-0.2, -0.15) is 5.26 Å². The Labute approximate surface area is 108 Å². The van der Waals surface area contributed by atoms with E-state index < -0.39 is 37.9 Å². The van der Waals surface area contributed by atoms with Crippen molar-refractivity contribution in [2.24, 2.45) is 0 Å². The van der Waals surface area contributed by atoms with E-state index in [9.17, 15) is 18.0 Å². The molecule has 0 saturated carbocycles. The van der Waals surface area contributed by atoms with Gasteiger partial charge in [0.2, 0.25) is 5.91 Å². The largest absolute Gasteiger partial charge is 0.480 e. The minimum absolute atomic E-state index is 0.164. The normalized spacial score (nSPS) is 36.7. The Balaban J connectivity index is 2.51. The molecule has 0 aromatic carbocycles. The van der Waals surface area contributed by atoms with Crippen LogP contribution in [0.2, 0.25) is 0 Å². The minimum atomic E-state index is -3.77. The third kappa shape index (κ3) is 1.39. The molecule has 2 saturated heterocycles. The maximum atomic E-state index is 12.3. The first-order valence-electron chi connectivity index (χ1n) is 5.05. The molecule has 7 nitrogen and oxygen atoms in total. The molecule has 18 heavy (non-hydrogen) atoms. The Hall–Kier alpha value is -1.27. The number of carbonyl (C=O) groups excluding carboxylic acids is 1. The van der Waals surface area contributed by atoms with Crippen LogP contribution in [0.1, 0.15) is 13.3 Å². The number of carboxylic acids is 1. The van der Waals surface area contributed by atoms with Crippen molar-refractivity contribution in [3.8, 4) is 5.40 Å². The van der Waals surface area contributed by atoms with E-state index in [4.69, 9.17) is 10.4 Å². The second kappa shape index (κ2) is 3.86. The zero-order valence-electron chi connectivity index (χ0n) is 9.36. The first-order chi connectivity index (χ1) is 8.27. The summed E-state index contributed by atoms with van der Waals surface area (Å²) in [5.74, 6) is -1.99. The van der Waals surface area contributed by atoms with Gasteiger partial charge in [0.05, 0.1) is 6.42 Å². The summed E-state index contributed by atoms with van der Waals surface area (Å²) >= 11 is 0.686. The average molecular weight is 290 g/mol. The number of carbonyl (C=O) groups is 2. The molecular weight excluding hydrogens is 280 g/mol. The molecule has 1 amide bonds. The standard InChI is InChI=1S/C9H10N2O5S2/c1-9(3-17-4-10)7(8(13)14)11-5(12)2-6(11)18(9,15)16/h6-7H,2-3H2,1H3,(H,13,14)/t6-,7+,9+/m1/s1. The predicted molar refractivity (Wildman–Crippen MR) is 62.1 cm³/mol. The van der Waals surface area contributed by atoms with Gasteiger partial charge in [0, 0.05) is 5.75 Å². The quantitative estimate of drug-likeness (QED) is 0.545. The highest BCUT2D eigenvalue weighted by molar-refractivity contribution is 8.05. The lowest BCUT2D eigenvalue weighted by molar-refractivity contribution is -0.157. The Bertz CT molecular complexity index is 566. The van der Waals surface area contributed by atoms with Crippen LogP contribution in [0, 0.1) is 10.7 Å². The molecule has 0 radical (unpaired) electrons. The van der Waals surface area contributed by atoms with Gasteiger partial charge >= 0.3 is 5.97 Å². The van der Waals surface area contributed by atoms with Gasteiger partial charge in [0.25, 0.3) is 0 Å². The Morgan fingerprint density at radius 2 is 2.33 bits per heavy atom. The van der Waals surface area contributed by atoms with Gasteiger partial charge in [-0.1, -0.05) is 0 Å². The second-order valence-corrected chi connectivity index (χ2v) is 7.76. The van der Waals surface area contributed by atoms with Gasteiger partial charge < -0.3 is 10.0 Å². The van der Waals surface area contributed by atoms with Crippen molar-refractivity contribution in [1.82, 2.24) is 4.90 Å². The van der Waals surface area contributed by atoms with Crippen molar-refractivity contribution in [2.75, 3.05) is 5.75 Å². The number of hydrogen-bond acceptors (Lipinski definition) is 6. The molecule has 9 heteroatoms. The summed E-state index contributed by atoms with van der Waals surface area (Å²) in [4.78, 5) is 23.6. The lowest BCUT2D eigenvalue weighted by Crippen LogP contribution is -2.57. The third-order valence-corrected chi connectivity index (χ3v) is 7.30. The third-order valence-electron chi connectivity index (χ3n) is 3.47. The lowest BCUT2D eigenvalue weighted by atomic mass is 9.98. The molecular formula is C9H10N2O5S2. The fourth-order valence-electron chi connectivity index (χ4n) is 2.45. The van der Waals surface area contributed by atoms with Gasteiger partial charge in [-0.3, -0.25) is 4.79 Å². The van der Waals surface area contributed by atoms with Gasteiger partial charge in [0.1, 0.15) is 15.5 Å². The number of nitriles is 1. The number of hydrogen-bond donors (Lipinski definition) is 1. The van der Waals surface area contributed by atoms with Crippen LogP contribution in [0.25, 0.3) is 0 Å². The first-order valence-corrected chi connectivity index (χ1v) is 7.59. The maximum Gasteiger partial charge on any atom is 0.328 e. The van der Waals surface area contributed by atoms with Gasteiger partial charge in [-0.25, -0.2) is 13.2 Å². The highest BCUT2D eigenvalue weighted by Crippen LogP contribution is 2.47. The number of aliphatic carboxylic acids is 1. The summed E-state index contributed by atoms with van der Waals surface area (Å²) in [6.07, 6.45) is -0.168. The van der Waals surface area contributed by atoms with Crippen LogP contribution < -0.4 is 0 Å². The molecule has 2 aliphatic heterocycles. The Morgan fingerprint density at radius 3 is 2.78 bits per heavy atom. The number of β-lactam (4-membered cyclic amide) rings is 1. The van der Waals surface area contributed by atoms with Crippen molar-refractivity contribution in [1.29, 1.82) is 5.26 Å². The molecule has 2 fully saturated rings. The lowest BCUT2D eigenvalue weighted by Gasteiger charge is -2.35. The molecule has 2 heterocycles. The molecule has 3 atom stereocenters. The molecule has 2 aliphatic rings. The van der Waals surface area contributed by atoms with E-state index in [1.54, 1.807) is 5.40 Å². The van der Waals surface area contributed by atoms with Crippen LogP contribution >= 0.6 is 11.8 Å². The van der Waals surface area contributed by atoms with E-state index in [-0.39, 0.29) is 12.2 Å². The van der Waals surface area contributed by atoms with E-state index >= 15 is 0 Å². The van der Waals surface area contributed by atoms with Crippen LogP contribution in [0.4, 0.5) is 0 Å². The summed E-state index contributed by atoms with van der Waals surface area (Å²) < 4.78 is 22.9. The number of thiocyanates is 1. The smallest absolute Gasteiger partial charge is 0.328 e. The number of rotatable bonds is 3. The number of thioether (sulfide) groups is 1. The predicted octanol–water partition coefficient (Wildman–Crippen LogP) is -0.601. The van der Waals surface area contributed by atoms with Crippen molar-refractivity contribution >= 4 is 33.5 Å². The van der Waals surface area contributed by atoms with Crippen LogP contribution in [0.3, 0.4) is 0 Å². The van der Waals surface area contributed by atoms with Gasteiger partial charge in [0.15, 0.2) is 15.9 Å². The van der Waals surface area contributed by atoms with Crippen molar-refractivity contribution in [2.45, 2.75) is 29.5 Å². The van der Waals surface area contributed by atoms with E-state index in [0.717, 1.165) is 4.90 Å². The molecule has 0 aliphatic carbocycles. The highest BCUT2D eigenvalue weighted by Gasteiger charge is 2.69. The monoisotopic (exact) mass is 290 g/mol. The van der Waals surface area contributed by atoms with E-state index in [1.807, 2.05) is 0 Å². The van der Waals surface area contributed by atoms with E-state index in [0.29, 0.717) is 11.8 Å². The number of fused-ring (bicyclic) bond motifs is 1. The van der Waals surface area contributed by atoms with Crippen molar-refractivity contribution in [3.05, 3.63) is 0 Å². The Morgan fingerprint density at radius 1 is 1.72 bits per heavy atom. The van der Waals surface area contributed by atoms with Crippen LogP contribution in [0.15, 0.2) is 0 Å². The summed E-state index contributed by atoms with van der Waals surface area (Å²) in [6, 6.07) is -1.41. The molecule has 1 N–H and O–H groups in total. The summed E-state index contributed by atoms with van der Waals surface area (Å²) in [5.41, 5.74) is 0. The summed E-state index contributed by atoms with van der Waals surface area (Å²) in [7, 11) is -3.77. The first kappa shape index (κ1) is 13.2. The van der Waals surface area contributed by atoms with E-state index in [2.05, 4.69) is 0 Å². The average Bonchev–Trinajstić information content (AvgIpc) is 2.41. The minimum Gasteiger partial charge on any atom is -0.480 e. The zero-order valence-corrected chi connectivity index (χ0v) is 11.0.